The molecule has 2 aromatic carbocycles. The van der Waals surface area contributed by atoms with Crippen molar-refractivity contribution in [2.24, 2.45) is 0 Å². The molecule has 1 aromatic heterocycles. The van der Waals surface area contributed by atoms with Crippen molar-refractivity contribution in [3.8, 4) is 0 Å². The summed E-state index contributed by atoms with van der Waals surface area (Å²) in [7, 11) is -3.12. The standard InChI is InChI=1S/C21H20ClNO4S/c1-13-4-7-17-10-18(20(22)23-19(17)14(13)2)11-27-21(24)16-8-5-15(6-9-16)12-28(3,25)26/h4-10H,11-12H2,1-3H3. The molecule has 5 nitrogen and oxygen atoms in total. The molecule has 0 unspecified atom stereocenters. The van der Waals surface area contributed by atoms with Gasteiger partial charge in [-0.25, -0.2) is 18.2 Å². The summed E-state index contributed by atoms with van der Waals surface area (Å²) in [6.45, 7) is 4.01. The van der Waals surface area contributed by atoms with E-state index in [1.54, 1.807) is 24.3 Å². The van der Waals surface area contributed by atoms with Crippen molar-refractivity contribution in [3.63, 3.8) is 0 Å². The van der Waals surface area contributed by atoms with E-state index in [2.05, 4.69) is 4.98 Å². The highest BCUT2D eigenvalue weighted by Crippen LogP contribution is 2.25. The van der Waals surface area contributed by atoms with Gasteiger partial charge < -0.3 is 4.74 Å². The van der Waals surface area contributed by atoms with Gasteiger partial charge in [0.1, 0.15) is 11.8 Å². The third-order valence-electron chi connectivity index (χ3n) is 4.51. The molecule has 28 heavy (non-hydrogen) atoms. The van der Waals surface area contributed by atoms with Crippen LogP contribution in [0.25, 0.3) is 10.9 Å². The van der Waals surface area contributed by atoms with Gasteiger partial charge in [-0.15, -0.1) is 0 Å². The number of pyridine rings is 1. The minimum atomic E-state index is -3.12. The first-order valence-corrected chi connectivity index (χ1v) is 11.1. The molecular weight excluding hydrogens is 398 g/mol. The van der Waals surface area contributed by atoms with E-state index in [0.29, 0.717) is 21.8 Å². The Morgan fingerprint density at radius 2 is 1.79 bits per heavy atom. The summed E-state index contributed by atoms with van der Waals surface area (Å²) in [4.78, 5) is 16.7. The maximum atomic E-state index is 12.3. The number of nitrogens with zero attached hydrogens (tertiary/aromatic N) is 1. The number of rotatable bonds is 5. The van der Waals surface area contributed by atoms with E-state index in [4.69, 9.17) is 16.3 Å². The predicted molar refractivity (Wildman–Crippen MR) is 110 cm³/mol. The summed E-state index contributed by atoms with van der Waals surface area (Å²) in [5, 5.41) is 1.24. The third-order valence-corrected chi connectivity index (χ3v) is 5.70. The highest BCUT2D eigenvalue weighted by atomic mass is 35.5. The summed E-state index contributed by atoms with van der Waals surface area (Å²) in [6, 6.07) is 12.2. The third kappa shape index (κ3) is 4.69. The van der Waals surface area contributed by atoms with Crippen LogP contribution in [0.4, 0.5) is 0 Å². The molecule has 146 valence electrons. The smallest absolute Gasteiger partial charge is 0.338 e. The van der Waals surface area contributed by atoms with Crippen LogP contribution >= 0.6 is 11.6 Å². The van der Waals surface area contributed by atoms with Gasteiger partial charge in [0, 0.05) is 17.2 Å². The molecule has 0 N–H and O–H groups in total. The van der Waals surface area contributed by atoms with Gasteiger partial charge in [0.25, 0.3) is 0 Å². The van der Waals surface area contributed by atoms with Crippen molar-refractivity contribution in [2.75, 3.05) is 6.26 Å². The first-order chi connectivity index (χ1) is 13.1. The number of aryl methyl sites for hydroxylation is 2. The minimum Gasteiger partial charge on any atom is -0.457 e. The fourth-order valence-electron chi connectivity index (χ4n) is 2.87. The molecule has 0 spiro atoms. The zero-order valence-electron chi connectivity index (χ0n) is 15.8. The Labute approximate surface area is 169 Å². The van der Waals surface area contributed by atoms with E-state index in [9.17, 15) is 13.2 Å². The molecule has 0 fully saturated rings. The molecule has 0 saturated carbocycles. The van der Waals surface area contributed by atoms with Crippen LogP contribution in [0.2, 0.25) is 5.15 Å². The Morgan fingerprint density at radius 3 is 2.43 bits per heavy atom. The monoisotopic (exact) mass is 417 g/mol. The maximum Gasteiger partial charge on any atom is 0.338 e. The lowest BCUT2D eigenvalue weighted by Gasteiger charge is -2.10. The molecule has 0 aliphatic heterocycles. The van der Waals surface area contributed by atoms with Crippen LogP contribution < -0.4 is 0 Å². The number of carbonyl (C=O) groups is 1. The van der Waals surface area contributed by atoms with E-state index in [1.165, 1.54) is 6.26 Å². The van der Waals surface area contributed by atoms with Crippen molar-refractivity contribution in [2.45, 2.75) is 26.2 Å². The lowest BCUT2D eigenvalue weighted by atomic mass is 10.0. The van der Waals surface area contributed by atoms with Crippen LogP contribution in [0.3, 0.4) is 0 Å². The first-order valence-electron chi connectivity index (χ1n) is 8.63. The highest BCUT2D eigenvalue weighted by molar-refractivity contribution is 7.89. The largest absolute Gasteiger partial charge is 0.457 e. The SMILES string of the molecule is Cc1ccc2cc(COC(=O)c3ccc(CS(C)(=O)=O)cc3)c(Cl)nc2c1C. The second-order valence-corrected chi connectivity index (χ2v) is 9.36. The summed E-state index contributed by atoms with van der Waals surface area (Å²) in [5.74, 6) is -0.582. The van der Waals surface area contributed by atoms with Crippen LogP contribution in [0, 0.1) is 13.8 Å². The molecule has 0 bridgehead atoms. The zero-order chi connectivity index (χ0) is 20.5. The number of halogens is 1. The maximum absolute atomic E-state index is 12.3. The lowest BCUT2D eigenvalue weighted by molar-refractivity contribution is 0.0472. The Kier molecular flexibility index (Phi) is 5.72. The van der Waals surface area contributed by atoms with Crippen molar-refractivity contribution in [3.05, 3.63) is 75.4 Å². The Hall–Kier alpha value is -2.44. The molecule has 0 aliphatic carbocycles. The number of sulfone groups is 1. The number of ether oxygens (including phenoxy) is 1. The van der Waals surface area contributed by atoms with Gasteiger partial charge in [-0.3, -0.25) is 0 Å². The van der Waals surface area contributed by atoms with E-state index < -0.39 is 15.8 Å². The summed E-state index contributed by atoms with van der Waals surface area (Å²) in [5.41, 5.74) is 4.62. The number of fused-ring (bicyclic) bond motifs is 1. The Bertz CT molecular complexity index is 1160. The average molecular weight is 418 g/mol. The van der Waals surface area contributed by atoms with Gasteiger partial charge in [-0.2, -0.15) is 0 Å². The number of aromatic nitrogens is 1. The first kappa shape index (κ1) is 20.3. The summed E-state index contributed by atoms with van der Waals surface area (Å²) < 4.78 is 28.0. The van der Waals surface area contributed by atoms with Crippen LogP contribution in [-0.4, -0.2) is 25.6 Å². The second kappa shape index (κ2) is 7.89. The van der Waals surface area contributed by atoms with Crippen LogP contribution in [0.5, 0.6) is 0 Å². The van der Waals surface area contributed by atoms with Crippen LogP contribution in [-0.2, 0) is 26.9 Å². The van der Waals surface area contributed by atoms with Gasteiger partial charge in [0.15, 0.2) is 9.84 Å². The molecular formula is C21H20ClNO4S. The van der Waals surface area contributed by atoms with Gasteiger partial charge >= 0.3 is 5.97 Å². The molecule has 1 heterocycles. The van der Waals surface area contributed by atoms with Crippen LogP contribution in [0.1, 0.15) is 32.6 Å². The number of hydrogen-bond acceptors (Lipinski definition) is 5. The molecule has 0 radical (unpaired) electrons. The predicted octanol–water partition coefficient (Wildman–Crippen LogP) is 4.41. The van der Waals surface area contributed by atoms with Crippen molar-refractivity contribution in [1.82, 2.24) is 4.98 Å². The fourth-order valence-corrected chi connectivity index (χ4v) is 3.86. The van der Waals surface area contributed by atoms with Gasteiger partial charge in [0.05, 0.1) is 16.8 Å². The Balaban J connectivity index is 1.74. The number of benzene rings is 2. The average Bonchev–Trinajstić information content (AvgIpc) is 2.63. The highest BCUT2D eigenvalue weighted by Gasteiger charge is 2.13. The molecule has 0 atom stereocenters. The van der Waals surface area contributed by atoms with Gasteiger partial charge in [-0.05, 0) is 48.7 Å². The number of esters is 1. The van der Waals surface area contributed by atoms with E-state index in [0.717, 1.165) is 22.0 Å². The van der Waals surface area contributed by atoms with Crippen LogP contribution in [0.15, 0.2) is 42.5 Å². The Morgan fingerprint density at radius 1 is 1.11 bits per heavy atom. The number of carbonyl (C=O) groups excluding carboxylic acids is 1. The molecule has 0 amide bonds. The summed E-state index contributed by atoms with van der Waals surface area (Å²) in [6.07, 6.45) is 1.17. The van der Waals surface area contributed by atoms with Crippen molar-refractivity contribution >= 4 is 38.3 Å². The quantitative estimate of drug-likeness (QED) is 0.454. The lowest BCUT2D eigenvalue weighted by Crippen LogP contribution is -2.07. The van der Waals surface area contributed by atoms with E-state index in [-0.39, 0.29) is 12.4 Å². The molecule has 7 heteroatoms. The van der Waals surface area contributed by atoms with E-state index >= 15 is 0 Å². The molecule has 3 aromatic rings. The van der Waals surface area contributed by atoms with Gasteiger partial charge in [-0.1, -0.05) is 35.9 Å². The topological polar surface area (TPSA) is 73.3 Å². The fraction of sp³-hybridized carbons (Fsp3) is 0.238. The zero-order valence-corrected chi connectivity index (χ0v) is 17.4. The molecule has 3 rings (SSSR count). The minimum absolute atomic E-state index is 0.00137. The molecule has 0 aliphatic rings. The molecule has 0 saturated heterocycles. The van der Waals surface area contributed by atoms with Gasteiger partial charge in [0.2, 0.25) is 0 Å². The van der Waals surface area contributed by atoms with Crippen molar-refractivity contribution < 1.29 is 17.9 Å². The second-order valence-electron chi connectivity index (χ2n) is 6.86. The van der Waals surface area contributed by atoms with E-state index in [1.807, 2.05) is 32.0 Å². The number of hydrogen-bond donors (Lipinski definition) is 0. The normalized spacial score (nSPS) is 11.6. The summed E-state index contributed by atoms with van der Waals surface area (Å²) >= 11 is 6.28. The van der Waals surface area contributed by atoms with Crippen molar-refractivity contribution in [1.29, 1.82) is 0 Å².